The number of rotatable bonds is 1. The molecular weight excluding hydrogens is 364 g/mol. The Morgan fingerprint density at radius 3 is 2.64 bits per heavy atom. The molecule has 1 heterocycles. The summed E-state index contributed by atoms with van der Waals surface area (Å²) in [5.74, 6) is 0. The molecule has 0 aliphatic carbocycles. The van der Waals surface area contributed by atoms with Gasteiger partial charge in [0.1, 0.15) is 6.07 Å². The van der Waals surface area contributed by atoms with Gasteiger partial charge in [-0.1, -0.05) is 28.1 Å². The van der Waals surface area contributed by atoms with Crippen molar-refractivity contribution in [3.05, 3.63) is 63.6 Å². The molecular formula is C16H11BrN2O2S. The predicted octanol–water partition coefficient (Wildman–Crippen LogP) is 4.05. The maximum atomic E-state index is 12.5. The quantitative estimate of drug-likeness (QED) is 0.755. The van der Waals surface area contributed by atoms with Crippen molar-refractivity contribution >= 4 is 37.1 Å². The van der Waals surface area contributed by atoms with Gasteiger partial charge < -0.3 is 4.90 Å². The number of allylic oxidation sites excluding steroid dienone is 1. The Balaban J connectivity index is 2.32. The molecule has 110 valence electrons. The highest BCUT2D eigenvalue weighted by molar-refractivity contribution is 9.10. The molecule has 0 saturated carbocycles. The third-order valence-electron chi connectivity index (χ3n) is 3.40. The van der Waals surface area contributed by atoms with Crippen molar-refractivity contribution in [3.8, 4) is 6.07 Å². The molecule has 0 N–H and O–H groups in total. The summed E-state index contributed by atoms with van der Waals surface area (Å²) in [6.07, 6.45) is 1.37. The zero-order chi connectivity index (χ0) is 15.9. The molecule has 0 saturated heterocycles. The second-order valence-corrected chi connectivity index (χ2v) is 7.73. The van der Waals surface area contributed by atoms with Gasteiger partial charge in [0, 0.05) is 16.4 Å². The van der Waals surface area contributed by atoms with Gasteiger partial charge in [-0.05, 0) is 42.8 Å². The van der Waals surface area contributed by atoms with Crippen molar-refractivity contribution < 1.29 is 8.42 Å². The third kappa shape index (κ3) is 2.32. The fourth-order valence-corrected chi connectivity index (χ4v) is 4.01. The molecule has 0 aromatic heterocycles. The molecule has 6 heteroatoms. The van der Waals surface area contributed by atoms with Gasteiger partial charge >= 0.3 is 0 Å². The number of benzene rings is 2. The smallest absolute Gasteiger partial charge is 0.220 e. The van der Waals surface area contributed by atoms with E-state index < -0.39 is 9.84 Å². The zero-order valence-corrected chi connectivity index (χ0v) is 14.0. The Labute approximate surface area is 137 Å². The Hall–Kier alpha value is -2.10. The van der Waals surface area contributed by atoms with Crippen molar-refractivity contribution in [1.82, 2.24) is 0 Å². The van der Waals surface area contributed by atoms with E-state index in [1.807, 2.05) is 31.2 Å². The second kappa shape index (κ2) is 5.27. The fourth-order valence-electron chi connectivity index (χ4n) is 2.35. The molecule has 0 radical (unpaired) electrons. The molecule has 0 atom stereocenters. The van der Waals surface area contributed by atoms with Gasteiger partial charge in [-0.25, -0.2) is 8.42 Å². The summed E-state index contributed by atoms with van der Waals surface area (Å²) in [5, 5.41) is 9.19. The van der Waals surface area contributed by atoms with E-state index in [1.54, 1.807) is 29.2 Å². The number of nitrogens with zero attached hydrogens (tertiary/aromatic N) is 2. The average Bonchev–Trinajstić information content (AvgIpc) is 2.47. The zero-order valence-electron chi connectivity index (χ0n) is 11.6. The Morgan fingerprint density at radius 1 is 1.18 bits per heavy atom. The van der Waals surface area contributed by atoms with Gasteiger partial charge in [-0.15, -0.1) is 0 Å². The van der Waals surface area contributed by atoms with Gasteiger partial charge in [0.25, 0.3) is 0 Å². The fraction of sp³-hybridized carbons (Fsp3) is 0.0625. The molecule has 0 fully saturated rings. The minimum absolute atomic E-state index is 0.150. The van der Waals surface area contributed by atoms with Crippen LogP contribution in [0.1, 0.15) is 5.56 Å². The molecule has 0 bridgehead atoms. The molecule has 2 aromatic rings. The summed E-state index contributed by atoms with van der Waals surface area (Å²) in [4.78, 5) is 1.62. The molecule has 22 heavy (non-hydrogen) atoms. The molecule has 2 aromatic carbocycles. The second-order valence-electron chi connectivity index (χ2n) is 4.93. The van der Waals surface area contributed by atoms with E-state index in [9.17, 15) is 13.7 Å². The number of halogens is 1. The lowest BCUT2D eigenvalue weighted by atomic mass is 10.2. The summed E-state index contributed by atoms with van der Waals surface area (Å²) >= 11 is 3.41. The van der Waals surface area contributed by atoms with E-state index >= 15 is 0 Å². The first-order chi connectivity index (χ1) is 10.4. The number of hydrogen-bond donors (Lipinski definition) is 0. The first-order valence-corrected chi connectivity index (χ1v) is 8.73. The standard InChI is InChI=1S/C16H11BrN2O2S/c1-11-5-6-16-15(7-11)19(10-14(9-18)22(16,20)21)13-4-2-3-12(17)8-13/h2-8,10H,1H3. The van der Waals surface area contributed by atoms with Crippen LogP contribution >= 0.6 is 15.9 Å². The molecule has 1 aliphatic heterocycles. The largest absolute Gasteiger partial charge is 0.314 e. The average molecular weight is 375 g/mol. The minimum Gasteiger partial charge on any atom is -0.314 e. The predicted molar refractivity (Wildman–Crippen MR) is 88.3 cm³/mol. The monoisotopic (exact) mass is 374 g/mol. The Kier molecular flexibility index (Phi) is 3.55. The van der Waals surface area contributed by atoms with Gasteiger partial charge in [-0.3, -0.25) is 0 Å². The number of hydrogen-bond acceptors (Lipinski definition) is 4. The van der Waals surface area contributed by atoms with Crippen LogP contribution in [0.3, 0.4) is 0 Å². The molecule has 1 aliphatic rings. The summed E-state index contributed by atoms with van der Waals surface area (Å²) < 4.78 is 25.8. The van der Waals surface area contributed by atoms with Gasteiger partial charge in [0.15, 0.2) is 4.91 Å². The van der Waals surface area contributed by atoms with Crippen LogP contribution < -0.4 is 4.90 Å². The lowest BCUT2D eigenvalue weighted by Crippen LogP contribution is -2.21. The highest BCUT2D eigenvalue weighted by atomic mass is 79.9. The summed E-state index contributed by atoms with van der Waals surface area (Å²) in [5.41, 5.74) is 2.28. The maximum absolute atomic E-state index is 12.5. The third-order valence-corrected chi connectivity index (χ3v) is 5.59. The van der Waals surface area contributed by atoms with Crippen LogP contribution in [0.5, 0.6) is 0 Å². The first kappa shape index (κ1) is 14.8. The summed E-state index contributed by atoms with van der Waals surface area (Å²) in [6, 6.07) is 14.3. The van der Waals surface area contributed by atoms with E-state index in [0.29, 0.717) is 5.69 Å². The molecule has 4 nitrogen and oxygen atoms in total. The molecule has 0 spiro atoms. The van der Waals surface area contributed by atoms with E-state index in [2.05, 4.69) is 15.9 Å². The van der Waals surface area contributed by atoms with Crippen LogP contribution in [0, 0.1) is 18.3 Å². The summed E-state index contributed by atoms with van der Waals surface area (Å²) in [7, 11) is -3.75. The minimum atomic E-state index is -3.75. The number of anilines is 2. The van der Waals surface area contributed by atoms with Crippen molar-refractivity contribution in [2.75, 3.05) is 4.90 Å². The van der Waals surface area contributed by atoms with Crippen LogP contribution in [0.2, 0.25) is 0 Å². The van der Waals surface area contributed by atoms with Crippen molar-refractivity contribution in [3.63, 3.8) is 0 Å². The van der Waals surface area contributed by atoms with E-state index in [4.69, 9.17) is 0 Å². The summed E-state index contributed by atoms with van der Waals surface area (Å²) in [6.45, 7) is 1.90. The van der Waals surface area contributed by atoms with Crippen LogP contribution in [0.4, 0.5) is 11.4 Å². The maximum Gasteiger partial charge on any atom is 0.220 e. The number of sulfone groups is 1. The molecule has 0 amide bonds. The van der Waals surface area contributed by atoms with Gasteiger partial charge in [-0.2, -0.15) is 5.26 Å². The van der Waals surface area contributed by atoms with Gasteiger partial charge in [0.2, 0.25) is 9.84 Å². The lowest BCUT2D eigenvalue weighted by Gasteiger charge is -2.28. The topological polar surface area (TPSA) is 61.2 Å². The number of aryl methyl sites for hydroxylation is 1. The Morgan fingerprint density at radius 2 is 1.95 bits per heavy atom. The highest BCUT2D eigenvalue weighted by Crippen LogP contribution is 2.40. The van der Waals surface area contributed by atoms with E-state index in [0.717, 1.165) is 15.7 Å². The first-order valence-electron chi connectivity index (χ1n) is 6.46. The molecule has 0 unspecified atom stereocenters. The van der Waals surface area contributed by atoms with Crippen molar-refractivity contribution in [2.24, 2.45) is 0 Å². The van der Waals surface area contributed by atoms with Crippen LogP contribution in [-0.4, -0.2) is 8.42 Å². The number of fused-ring (bicyclic) bond motifs is 1. The number of nitriles is 1. The SMILES string of the molecule is Cc1ccc2c(c1)N(c1cccc(Br)c1)C=C(C#N)S2(=O)=O. The van der Waals surface area contributed by atoms with Crippen LogP contribution in [0.15, 0.2) is 62.9 Å². The van der Waals surface area contributed by atoms with E-state index in [-0.39, 0.29) is 9.80 Å². The van der Waals surface area contributed by atoms with Crippen LogP contribution in [-0.2, 0) is 9.84 Å². The van der Waals surface area contributed by atoms with Crippen molar-refractivity contribution in [1.29, 1.82) is 5.26 Å². The lowest BCUT2D eigenvalue weighted by molar-refractivity contribution is 0.602. The highest BCUT2D eigenvalue weighted by Gasteiger charge is 2.32. The van der Waals surface area contributed by atoms with Crippen molar-refractivity contribution in [2.45, 2.75) is 11.8 Å². The normalized spacial score (nSPS) is 15.7. The van der Waals surface area contributed by atoms with Crippen LogP contribution in [0.25, 0.3) is 0 Å². The van der Waals surface area contributed by atoms with E-state index in [1.165, 1.54) is 6.20 Å². The molecule has 3 rings (SSSR count). The Bertz CT molecular complexity index is 943. The van der Waals surface area contributed by atoms with Gasteiger partial charge in [0.05, 0.1) is 10.6 Å².